The average Bonchev–Trinajstić information content (AvgIpc) is 2.67. The van der Waals surface area contributed by atoms with E-state index in [1.54, 1.807) is 14.2 Å². The summed E-state index contributed by atoms with van der Waals surface area (Å²) in [6, 6.07) is 23.6. The molecule has 4 N–H and O–H groups in total. The Morgan fingerprint density at radius 3 is 1.35 bits per heavy atom. The number of nitrogens with two attached hydrogens (primary N) is 2. The fraction of sp³-hybridized carbons (Fsp3) is 0.0909. The minimum Gasteiger partial charge on any atom is -0.496 e. The third-order valence-electron chi connectivity index (χ3n) is 4.13. The molecular weight excluding hydrogens is 324 g/mol. The van der Waals surface area contributed by atoms with Crippen LogP contribution in [0.5, 0.6) is 11.5 Å². The number of rotatable bonds is 2. The van der Waals surface area contributed by atoms with Gasteiger partial charge in [-0.3, -0.25) is 0 Å². The number of fused-ring (bicyclic) bond motifs is 2. The number of ether oxygens (including phenoxy) is 2. The standard InChI is InChI=1S/2C11H11NO/c2*1-13-11-7-9(12)6-8-4-2-3-5-10(8)11/h2*2-7H,12H2,1H3. The fourth-order valence-electron chi connectivity index (χ4n) is 2.93. The minimum atomic E-state index is 0.732. The van der Waals surface area contributed by atoms with Crippen LogP contribution in [-0.2, 0) is 0 Å². The zero-order valence-electron chi connectivity index (χ0n) is 14.9. The summed E-state index contributed by atoms with van der Waals surface area (Å²) in [7, 11) is 3.31. The van der Waals surface area contributed by atoms with Gasteiger partial charge in [-0.05, 0) is 22.9 Å². The Kier molecular flexibility index (Phi) is 5.13. The van der Waals surface area contributed by atoms with E-state index in [1.807, 2.05) is 72.8 Å². The lowest BCUT2D eigenvalue weighted by atomic mass is 10.1. The number of hydrogen-bond acceptors (Lipinski definition) is 4. The first-order valence-corrected chi connectivity index (χ1v) is 8.27. The summed E-state index contributed by atoms with van der Waals surface area (Å²) in [5.74, 6) is 1.66. The third kappa shape index (κ3) is 3.64. The first kappa shape index (κ1) is 17.4. The van der Waals surface area contributed by atoms with Gasteiger partial charge in [0.05, 0.1) is 14.2 Å². The van der Waals surface area contributed by atoms with Crippen LogP contribution < -0.4 is 20.9 Å². The van der Waals surface area contributed by atoms with Crippen molar-refractivity contribution in [1.29, 1.82) is 0 Å². The van der Waals surface area contributed by atoms with Crippen LogP contribution in [0.3, 0.4) is 0 Å². The molecule has 0 heterocycles. The van der Waals surface area contributed by atoms with E-state index in [4.69, 9.17) is 20.9 Å². The lowest BCUT2D eigenvalue weighted by Crippen LogP contribution is -1.89. The molecule has 0 spiro atoms. The van der Waals surface area contributed by atoms with E-state index in [2.05, 4.69) is 0 Å². The van der Waals surface area contributed by atoms with Crippen LogP contribution in [0.15, 0.2) is 72.8 Å². The molecule has 0 saturated heterocycles. The third-order valence-corrected chi connectivity index (χ3v) is 4.13. The first-order chi connectivity index (χ1) is 12.6. The van der Waals surface area contributed by atoms with Crippen molar-refractivity contribution in [2.24, 2.45) is 0 Å². The molecule has 4 aromatic carbocycles. The number of hydrogen-bond donors (Lipinski definition) is 2. The molecule has 0 unspecified atom stereocenters. The number of benzene rings is 4. The van der Waals surface area contributed by atoms with Crippen molar-refractivity contribution in [3.63, 3.8) is 0 Å². The topological polar surface area (TPSA) is 70.5 Å². The molecule has 4 rings (SSSR count). The molecule has 0 saturated carbocycles. The van der Waals surface area contributed by atoms with Gasteiger partial charge in [-0.1, -0.05) is 48.5 Å². The molecule has 0 aliphatic heterocycles. The minimum absolute atomic E-state index is 0.732. The fourth-order valence-corrected chi connectivity index (χ4v) is 2.93. The summed E-state index contributed by atoms with van der Waals surface area (Å²) in [6.07, 6.45) is 0. The number of nitrogen functional groups attached to an aromatic ring is 2. The van der Waals surface area contributed by atoms with E-state index in [1.165, 1.54) is 0 Å². The summed E-state index contributed by atoms with van der Waals surface area (Å²) in [6.45, 7) is 0. The first-order valence-electron chi connectivity index (χ1n) is 8.27. The monoisotopic (exact) mass is 346 g/mol. The molecule has 0 aliphatic carbocycles. The molecule has 0 bridgehead atoms. The van der Waals surface area contributed by atoms with Crippen LogP contribution in [0.2, 0.25) is 0 Å². The van der Waals surface area contributed by atoms with Crippen molar-refractivity contribution in [3.8, 4) is 11.5 Å². The molecule has 0 aliphatic rings. The molecular formula is C22H22N2O2. The highest BCUT2D eigenvalue weighted by molar-refractivity contribution is 5.91. The van der Waals surface area contributed by atoms with Crippen LogP contribution in [0.4, 0.5) is 11.4 Å². The molecule has 4 nitrogen and oxygen atoms in total. The van der Waals surface area contributed by atoms with Gasteiger partial charge >= 0.3 is 0 Å². The molecule has 4 heteroatoms. The zero-order chi connectivity index (χ0) is 18.5. The van der Waals surface area contributed by atoms with Crippen molar-refractivity contribution in [1.82, 2.24) is 0 Å². The van der Waals surface area contributed by atoms with Crippen LogP contribution >= 0.6 is 0 Å². The molecule has 132 valence electrons. The van der Waals surface area contributed by atoms with Gasteiger partial charge in [-0.15, -0.1) is 0 Å². The molecule has 0 radical (unpaired) electrons. The van der Waals surface area contributed by atoms with Crippen LogP contribution in [0.1, 0.15) is 0 Å². The number of anilines is 2. The normalized spacial score (nSPS) is 10.2. The van der Waals surface area contributed by atoms with Gasteiger partial charge in [0.2, 0.25) is 0 Å². The Balaban J connectivity index is 0.000000151. The molecule has 0 amide bonds. The van der Waals surface area contributed by atoms with Gasteiger partial charge in [0.25, 0.3) is 0 Å². The second-order valence-corrected chi connectivity index (χ2v) is 5.89. The Labute approximate surface area is 152 Å². The van der Waals surface area contributed by atoms with Crippen molar-refractivity contribution >= 4 is 32.9 Å². The Morgan fingerprint density at radius 2 is 0.962 bits per heavy atom. The van der Waals surface area contributed by atoms with Crippen molar-refractivity contribution in [3.05, 3.63) is 72.8 Å². The van der Waals surface area contributed by atoms with Gasteiger partial charge in [0.1, 0.15) is 11.5 Å². The van der Waals surface area contributed by atoms with Gasteiger partial charge in [-0.2, -0.15) is 0 Å². The van der Waals surface area contributed by atoms with Gasteiger partial charge in [-0.25, -0.2) is 0 Å². The summed E-state index contributed by atoms with van der Waals surface area (Å²) in [4.78, 5) is 0. The molecule has 4 aromatic rings. The molecule has 0 fully saturated rings. The Bertz CT molecular complexity index is 959. The summed E-state index contributed by atoms with van der Waals surface area (Å²) < 4.78 is 10.5. The lowest BCUT2D eigenvalue weighted by Gasteiger charge is -2.06. The summed E-state index contributed by atoms with van der Waals surface area (Å²) >= 11 is 0. The van der Waals surface area contributed by atoms with Gasteiger partial charge in [0, 0.05) is 34.3 Å². The van der Waals surface area contributed by atoms with Crippen LogP contribution in [0, 0.1) is 0 Å². The molecule has 0 aromatic heterocycles. The summed E-state index contributed by atoms with van der Waals surface area (Å²) in [5.41, 5.74) is 12.9. The van der Waals surface area contributed by atoms with E-state index in [9.17, 15) is 0 Å². The van der Waals surface area contributed by atoms with E-state index in [0.29, 0.717) is 0 Å². The largest absolute Gasteiger partial charge is 0.496 e. The van der Waals surface area contributed by atoms with E-state index in [-0.39, 0.29) is 0 Å². The Morgan fingerprint density at radius 1 is 0.577 bits per heavy atom. The smallest absolute Gasteiger partial charge is 0.128 e. The van der Waals surface area contributed by atoms with Gasteiger partial charge < -0.3 is 20.9 Å². The van der Waals surface area contributed by atoms with E-state index >= 15 is 0 Å². The quantitative estimate of drug-likeness (QED) is 0.508. The predicted octanol–water partition coefficient (Wildman–Crippen LogP) is 4.86. The SMILES string of the molecule is COc1cc(N)cc2ccccc12.COc1cc(N)cc2ccccc12. The average molecular weight is 346 g/mol. The second kappa shape index (κ2) is 7.66. The maximum atomic E-state index is 5.72. The Hall–Kier alpha value is -3.40. The second-order valence-electron chi connectivity index (χ2n) is 5.89. The lowest BCUT2D eigenvalue weighted by molar-refractivity contribution is 0.420. The van der Waals surface area contributed by atoms with Crippen LogP contribution in [0.25, 0.3) is 21.5 Å². The molecule has 0 atom stereocenters. The van der Waals surface area contributed by atoms with Crippen molar-refractivity contribution in [2.45, 2.75) is 0 Å². The van der Waals surface area contributed by atoms with Gasteiger partial charge in [0.15, 0.2) is 0 Å². The zero-order valence-corrected chi connectivity index (χ0v) is 14.9. The summed E-state index contributed by atoms with van der Waals surface area (Å²) in [5, 5.41) is 4.41. The van der Waals surface area contributed by atoms with E-state index in [0.717, 1.165) is 44.4 Å². The highest BCUT2D eigenvalue weighted by Crippen LogP contribution is 2.29. The highest BCUT2D eigenvalue weighted by atomic mass is 16.5. The van der Waals surface area contributed by atoms with Crippen LogP contribution in [-0.4, -0.2) is 14.2 Å². The molecule has 26 heavy (non-hydrogen) atoms. The maximum Gasteiger partial charge on any atom is 0.128 e. The number of methoxy groups -OCH3 is 2. The predicted molar refractivity (Wildman–Crippen MR) is 110 cm³/mol. The van der Waals surface area contributed by atoms with Crippen molar-refractivity contribution in [2.75, 3.05) is 25.7 Å². The highest BCUT2D eigenvalue weighted by Gasteiger charge is 2.01. The van der Waals surface area contributed by atoms with Crippen molar-refractivity contribution < 1.29 is 9.47 Å². The maximum absolute atomic E-state index is 5.72. The van der Waals surface area contributed by atoms with E-state index < -0.39 is 0 Å².